The van der Waals surface area contributed by atoms with Crippen LogP contribution in [0, 0.1) is 0 Å². The molecule has 0 spiro atoms. The normalized spacial score (nSPS) is 11.7. The number of hydrogen-bond acceptors (Lipinski definition) is 4. The van der Waals surface area contributed by atoms with Crippen LogP contribution in [0.3, 0.4) is 0 Å². The topological polar surface area (TPSA) is 59.0 Å². The second-order valence-corrected chi connectivity index (χ2v) is 4.70. The van der Waals surface area contributed by atoms with Gasteiger partial charge in [-0.2, -0.15) is 0 Å². The van der Waals surface area contributed by atoms with Crippen LogP contribution < -0.4 is 14.4 Å². The highest BCUT2D eigenvalue weighted by atomic mass is 16.6. The molecule has 0 saturated heterocycles. The average molecular weight is 271 g/mol. The minimum atomic E-state index is -0.996. The van der Waals surface area contributed by atoms with Crippen molar-refractivity contribution in [2.45, 2.75) is 0 Å². The van der Waals surface area contributed by atoms with Crippen molar-refractivity contribution in [2.75, 3.05) is 19.0 Å². The number of carbonyl (C=O) groups is 1. The quantitative estimate of drug-likeness (QED) is 0.774. The number of benzene rings is 2. The van der Waals surface area contributed by atoms with Gasteiger partial charge in [0.05, 0.1) is 5.56 Å². The second kappa shape index (κ2) is 4.45. The van der Waals surface area contributed by atoms with E-state index in [0.717, 1.165) is 5.69 Å². The zero-order valence-electron chi connectivity index (χ0n) is 11.1. The molecule has 0 aliphatic carbocycles. The molecule has 5 heteroatoms. The van der Waals surface area contributed by atoms with Gasteiger partial charge < -0.3 is 19.5 Å². The Bertz CT molecular complexity index is 694. The largest absolute Gasteiger partial charge is 0.478 e. The summed E-state index contributed by atoms with van der Waals surface area (Å²) >= 11 is 0. The van der Waals surface area contributed by atoms with E-state index in [1.807, 2.05) is 37.2 Å². The van der Waals surface area contributed by atoms with Crippen LogP contribution in [0.15, 0.2) is 36.4 Å². The number of nitrogens with zero attached hydrogens (tertiary/aromatic N) is 1. The summed E-state index contributed by atoms with van der Waals surface area (Å²) in [5, 5.41) is 9.00. The van der Waals surface area contributed by atoms with E-state index in [9.17, 15) is 4.79 Å². The molecule has 0 fully saturated rings. The Hall–Kier alpha value is -2.69. The summed E-state index contributed by atoms with van der Waals surface area (Å²) in [5.41, 5.74) is 1.14. The van der Waals surface area contributed by atoms with Gasteiger partial charge in [0.15, 0.2) is 23.0 Å². The fourth-order valence-electron chi connectivity index (χ4n) is 1.98. The van der Waals surface area contributed by atoms with Gasteiger partial charge in [0.25, 0.3) is 0 Å². The molecule has 3 rings (SSSR count). The molecular formula is C15H13NO4. The monoisotopic (exact) mass is 271 g/mol. The van der Waals surface area contributed by atoms with E-state index in [0.29, 0.717) is 23.0 Å². The van der Waals surface area contributed by atoms with Crippen LogP contribution in [0.25, 0.3) is 0 Å². The Morgan fingerprint density at radius 2 is 1.55 bits per heavy atom. The first-order valence-corrected chi connectivity index (χ1v) is 6.09. The molecule has 102 valence electrons. The molecular weight excluding hydrogens is 258 g/mol. The zero-order valence-corrected chi connectivity index (χ0v) is 11.1. The van der Waals surface area contributed by atoms with Crippen LogP contribution in [0.5, 0.6) is 23.0 Å². The molecule has 0 saturated carbocycles. The highest BCUT2D eigenvalue weighted by Gasteiger charge is 2.20. The highest BCUT2D eigenvalue weighted by Crippen LogP contribution is 2.46. The van der Waals surface area contributed by atoms with Gasteiger partial charge in [-0.25, -0.2) is 4.79 Å². The Morgan fingerprint density at radius 1 is 0.950 bits per heavy atom. The Kier molecular flexibility index (Phi) is 2.75. The summed E-state index contributed by atoms with van der Waals surface area (Å²) in [4.78, 5) is 12.9. The lowest BCUT2D eigenvalue weighted by Gasteiger charge is -2.22. The lowest BCUT2D eigenvalue weighted by atomic mass is 10.2. The first-order chi connectivity index (χ1) is 9.54. The molecule has 0 bridgehead atoms. The maximum Gasteiger partial charge on any atom is 0.335 e. The summed E-state index contributed by atoms with van der Waals surface area (Å²) in [6, 6.07) is 10.2. The summed E-state index contributed by atoms with van der Waals surface area (Å²) in [7, 11) is 3.86. The Balaban J connectivity index is 2.01. The van der Waals surface area contributed by atoms with E-state index in [1.54, 1.807) is 6.07 Å². The van der Waals surface area contributed by atoms with Crippen LogP contribution in [-0.2, 0) is 0 Å². The van der Waals surface area contributed by atoms with Gasteiger partial charge in [0.2, 0.25) is 0 Å². The number of rotatable bonds is 2. The van der Waals surface area contributed by atoms with E-state index in [-0.39, 0.29) is 5.56 Å². The van der Waals surface area contributed by atoms with Crippen molar-refractivity contribution in [1.82, 2.24) is 0 Å². The van der Waals surface area contributed by atoms with Gasteiger partial charge in [-0.1, -0.05) is 0 Å². The Morgan fingerprint density at radius 3 is 2.20 bits per heavy atom. The minimum Gasteiger partial charge on any atom is -0.478 e. The number of carboxylic acid groups (broad SMARTS) is 1. The number of anilines is 1. The molecule has 5 nitrogen and oxygen atoms in total. The van der Waals surface area contributed by atoms with Gasteiger partial charge in [0, 0.05) is 25.8 Å². The number of ether oxygens (including phenoxy) is 2. The molecule has 2 aromatic carbocycles. The Labute approximate surface area is 116 Å². The van der Waals surface area contributed by atoms with Crippen LogP contribution in [-0.4, -0.2) is 25.2 Å². The number of carboxylic acids is 1. The maximum absolute atomic E-state index is 11.0. The molecule has 20 heavy (non-hydrogen) atoms. The van der Waals surface area contributed by atoms with Gasteiger partial charge in [-0.15, -0.1) is 0 Å². The molecule has 2 aromatic rings. The summed E-state index contributed by atoms with van der Waals surface area (Å²) in [6.45, 7) is 0. The number of aromatic carboxylic acids is 1. The molecule has 0 amide bonds. The molecule has 1 aliphatic heterocycles. The fraction of sp³-hybridized carbons (Fsp3) is 0.133. The third kappa shape index (κ3) is 2.03. The second-order valence-electron chi connectivity index (χ2n) is 4.70. The van der Waals surface area contributed by atoms with Crippen LogP contribution in [0.2, 0.25) is 0 Å². The summed E-state index contributed by atoms with van der Waals surface area (Å²) < 4.78 is 11.5. The summed E-state index contributed by atoms with van der Waals surface area (Å²) in [6.07, 6.45) is 0. The van der Waals surface area contributed by atoms with Crippen molar-refractivity contribution < 1.29 is 19.4 Å². The highest BCUT2D eigenvalue weighted by molar-refractivity contribution is 5.88. The van der Waals surface area contributed by atoms with E-state index < -0.39 is 5.97 Å². The lowest BCUT2D eigenvalue weighted by Crippen LogP contribution is -2.09. The smallest absolute Gasteiger partial charge is 0.335 e. The van der Waals surface area contributed by atoms with E-state index >= 15 is 0 Å². The molecule has 0 aromatic heterocycles. The maximum atomic E-state index is 11.0. The van der Waals surface area contributed by atoms with Crippen molar-refractivity contribution in [3.8, 4) is 23.0 Å². The van der Waals surface area contributed by atoms with E-state index in [1.165, 1.54) is 12.1 Å². The SMILES string of the molecule is CN(C)c1ccc2c(c1)Oc1cc(C(=O)O)ccc1O2. The van der Waals surface area contributed by atoms with E-state index in [4.69, 9.17) is 14.6 Å². The third-order valence-electron chi connectivity index (χ3n) is 3.07. The predicted molar refractivity (Wildman–Crippen MR) is 74.3 cm³/mol. The van der Waals surface area contributed by atoms with E-state index in [2.05, 4.69) is 0 Å². The van der Waals surface area contributed by atoms with Crippen LogP contribution in [0.4, 0.5) is 5.69 Å². The van der Waals surface area contributed by atoms with Crippen molar-refractivity contribution in [2.24, 2.45) is 0 Å². The molecule has 0 atom stereocenters. The van der Waals surface area contributed by atoms with Crippen molar-refractivity contribution in [3.05, 3.63) is 42.0 Å². The van der Waals surface area contributed by atoms with Crippen molar-refractivity contribution >= 4 is 11.7 Å². The fourth-order valence-corrected chi connectivity index (χ4v) is 1.98. The standard InChI is InChI=1S/C15H13NO4/c1-16(2)10-4-6-12-14(8-10)20-13-7-9(15(17)18)3-5-11(13)19-12/h3-8H,1-2H3,(H,17,18). The van der Waals surface area contributed by atoms with Gasteiger partial charge in [0.1, 0.15) is 0 Å². The van der Waals surface area contributed by atoms with Gasteiger partial charge in [-0.3, -0.25) is 0 Å². The molecule has 0 radical (unpaired) electrons. The minimum absolute atomic E-state index is 0.166. The zero-order chi connectivity index (χ0) is 14.3. The molecule has 1 aliphatic rings. The van der Waals surface area contributed by atoms with Gasteiger partial charge >= 0.3 is 5.97 Å². The average Bonchev–Trinajstić information content (AvgIpc) is 2.43. The first kappa shape index (κ1) is 12.3. The molecule has 0 unspecified atom stereocenters. The third-order valence-corrected chi connectivity index (χ3v) is 3.07. The van der Waals surface area contributed by atoms with Crippen molar-refractivity contribution in [3.63, 3.8) is 0 Å². The van der Waals surface area contributed by atoms with Crippen molar-refractivity contribution in [1.29, 1.82) is 0 Å². The molecule has 1 heterocycles. The predicted octanol–water partition coefficient (Wildman–Crippen LogP) is 3.35. The first-order valence-electron chi connectivity index (χ1n) is 6.09. The summed E-state index contributed by atoms with van der Waals surface area (Å²) in [5.74, 6) is 1.12. The van der Waals surface area contributed by atoms with Gasteiger partial charge in [-0.05, 0) is 30.3 Å². The number of fused-ring (bicyclic) bond motifs is 2. The number of hydrogen-bond donors (Lipinski definition) is 1. The van der Waals surface area contributed by atoms with Crippen LogP contribution >= 0.6 is 0 Å². The molecule has 1 N–H and O–H groups in total. The lowest BCUT2D eigenvalue weighted by molar-refractivity contribution is 0.0696. The van der Waals surface area contributed by atoms with Crippen LogP contribution in [0.1, 0.15) is 10.4 Å².